The van der Waals surface area contributed by atoms with Crippen molar-refractivity contribution in [1.29, 1.82) is 0 Å². The quantitative estimate of drug-likeness (QED) is 0.677. The Hall–Kier alpha value is -1.35. The summed E-state index contributed by atoms with van der Waals surface area (Å²) in [7, 11) is 0. The highest BCUT2D eigenvalue weighted by atomic mass is 19.1. The minimum absolute atomic E-state index is 0.157. The third-order valence-corrected chi connectivity index (χ3v) is 3.09. The summed E-state index contributed by atoms with van der Waals surface area (Å²) in [6, 6.07) is 5.41. The number of fused-ring (bicyclic) bond motifs is 3. The van der Waals surface area contributed by atoms with Gasteiger partial charge in [-0.25, -0.2) is 4.39 Å². The van der Waals surface area contributed by atoms with Crippen LogP contribution in [0.1, 0.15) is 18.2 Å². The fourth-order valence-corrected chi connectivity index (χ4v) is 2.31. The van der Waals surface area contributed by atoms with Crippen LogP contribution in [-0.4, -0.2) is 11.0 Å². The summed E-state index contributed by atoms with van der Waals surface area (Å²) < 4.78 is 13.2. The van der Waals surface area contributed by atoms with Gasteiger partial charge in [0, 0.05) is 29.2 Å². The third-order valence-electron chi connectivity index (χ3n) is 3.09. The Labute approximate surface area is 87.5 Å². The molecule has 0 fully saturated rings. The normalized spacial score (nSPS) is 20.5. The maximum absolute atomic E-state index is 13.2. The summed E-state index contributed by atoms with van der Waals surface area (Å²) >= 11 is 0. The Morgan fingerprint density at radius 2 is 2.27 bits per heavy atom. The second-order valence-corrected chi connectivity index (χ2v) is 4.26. The van der Waals surface area contributed by atoms with Crippen molar-refractivity contribution in [3.8, 4) is 0 Å². The second-order valence-electron chi connectivity index (χ2n) is 4.26. The molecule has 0 amide bonds. The lowest BCUT2D eigenvalue weighted by molar-refractivity contribution is 0.510. The van der Waals surface area contributed by atoms with E-state index in [1.54, 1.807) is 6.07 Å². The van der Waals surface area contributed by atoms with E-state index in [1.807, 2.05) is 6.07 Å². The van der Waals surface area contributed by atoms with Gasteiger partial charge in [-0.15, -0.1) is 0 Å². The molecular weight excluding hydrogens is 191 g/mol. The Kier molecular flexibility index (Phi) is 1.83. The van der Waals surface area contributed by atoms with Gasteiger partial charge in [0.15, 0.2) is 0 Å². The van der Waals surface area contributed by atoms with Gasteiger partial charge < -0.3 is 10.3 Å². The van der Waals surface area contributed by atoms with Crippen LogP contribution in [0.4, 0.5) is 4.39 Å². The number of aromatic nitrogens is 1. The van der Waals surface area contributed by atoms with Gasteiger partial charge in [0.25, 0.3) is 0 Å². The molecule has 1 aliphatic rings. The average molecular weight is 204 g/mol. The van der Waals surface area contributed by atoms with Gasteiger partial charge in [0.1, 0.15) is 5.82 Å². The monoisotopic (exact) mass is 204 g/mol. The SMILES string of the molecule is CC1Cc2c([nH]c3ccc(F)cc23)CN1. The first-order valence-electron chi connectivity index (χ1n) is 5.26. The highest BCUT2D eigenvalue weighted by Crippen LogP contribution is 2.26. The summed E-state index contributed by atoms with van der Waals surface area (Å²) in [6.07, 6.45) is 0.971. The van der Waals surface area contributed by atoms with Crippen LogP contribution >= 0.6 is 0 Å². The van der Waals surface area contributed by atoms with E-state index >= 15 is 0 Å². The molecule has 0 radical (unpaired) electrons. The molecule has 0 aliphatic carbocycles. The minimum Gasteiger partial charge on any atom is -0.357 e. The molecule has 2 heterocycles. The van der Waals surface area contributed by atoms with E-state index in [9.17, 15) is 4.39 Å². The van der Waals surface area contributed by atoms with E-state index in [-0.39, 0.29) is 5.82 Å². The van der Waals surface area contributed by atoms with Gasteiger partial charge in [-0.2, -0.15) is 0 Å². The largest absolute Gasteiger partial charge is 0.357 e. The fourth-order valence-electron chi connectivity index (χ4n) is 2.31. The highest BCUT2D eigenvalue weighted by molar-refractivity contribution is 5.85. The van der Waals surface area contributed by atoms with Crippen LogP contribution in [0, 0.1) is 5.82 Å². The van der Waals surface area contributed by atoms with Gasteiger partial charge in [-0.3, -0.25) is 0 Å². The number of rotatable bonds is 0. The molecule has 1 aromatic heterocycles. The summed E-state index contributed by atoms with van der Waals surface area (Å²) in [4.78, 5) is 3.33. The predicted octanol–water partition coefficient (Wildman–Crippen LogP) is 2.34. The molecule has 1 aliphatic heterocycles. The summed E-state index contributed by atoms with van der Waals surface area (Å²) in [5, 5.41) is 4.43. The first-order chi connectivity index (χ1) is 7.24. The molecule has 15 heavy (non-hydrogen) atoms. The van der Waals surface area contributed by atoms with Crippen molar-refractivity contribution >= 4 is 10.9 Å². The lowest BCUT2D eigenvalue weighted by Crippen LogP contribution is -2.32. The molecule has 0 bridgehead atoms. The third kappa shape index (κ3) is 1.35. The van der Waals surface area contributed by atoms with Crippen LogP contribution in [0.5, 0.6) is 0 Å². The van der Waals surface area contributed by atoms with Crippen LogP contribution in [0.3, 0.4) is 0 Å². The zero-order chi connectivity index (χ0) is 10.4. The Morgan fingerprint density at radius 1 is 1.40 bits per heavy atom. The van der Waals surface area contributed by atoms with Gasteiger partial charge in [0.05, 0.1) is 0 Å². The van der Waals surface area contributed by atoms with E-state index in [0.29, 0.717) is 6.04 Å². The number of aromatic amines is 1. The summed E-state index contributed by atoms with van der Waals surface area (Å²) in [6.45, 7) is 3.01. The highest BCUT2D eigenvalue weighted by Gasteiger charge is 2.19. The maximum Gasteiger partial charge on any atom is 0.123 e. The summed E-state index contributed by atoms with van der Waals surface area (Å²) in [5.74, 6) is -0.157. The number of halogens is 1. The van der Waals surface area contributed by atoms with E-state index in [4.69, 9.17) is 0 Å². The molecule has 2 nitrogen and oxygen atoms in total. The lowest BCUT2D eigenvalue weighted by atomic mass is 10.00. The molecule has 78 valence electrons. The molecule has 2 N–H and O–H groups in total. The standard InChI is InChI=1S/C12H13FN2/c1-7-4-9-10-5-8(13)2-3-11(10)15-12(9)6-14-7/h2-3,5,7,14-15H,4,6H2,1H3. The van der Waals surface area contributed by atoms with Gasteiger partial charge in [-0.1, -0.05) is 0 Å². The molecule has 0 spiro atoms. The van der Waals surface area contributed by atoms with Gasteiger partial charge in [-0.05, 0) is 37.1 Å². The number of nitrogens with one attached hydrogen (secondary N) is 2. The Bertz CT molecular complexity index is 516. The number of hydrogen-bond acceptors (Lipinski definition) is 1. The van der Waals surface area contributed by atoms with Crippen molar-refractivity contribution in [3.05, 3.63) is 35.3 Å². The predicted molar refractivity (Wildman–Crippen MR) is 58.3 cm³/mol. The van der Waals surface area contributed by atoms with Crippen LogP contribution in [0.15, 0.2) is 18.2 Å². The molecule has 1 unspecified atom stereocenters. The van der Waals surface area contributed by atoms with Crippen molar-refractivity contribution in [3.63, 3.8) is 0 Å². The van der Waals surface area contributed by atoms with Crippen molar-refractivity contribution in [1.82, 2.24) is 10.3 Å². The Morgan fingerprint density at radius 3 is 3.13 bits per heavy atom. The average Bonchev–Trinajstić information content (AvgIpc) is 2.56. The molecule has 1 atom stereocenters. The maximum atomic E-state index is 13.2. The number of hydrogen-bond donors (Lipinski definition) is 2. The number of benzene rings is 1. The van der Waals surface area contributed by atoms with E-state index < -0.39 is 0 Å². The van der Waals surface area contributed by atoms with Crippen LogP contribution in [-0.2, 0) is 13.0 Å². The molecule has 0 saturated heterocycles. The van der Waals surface area contributed by atoms with Gasteiger partial charge >= 0.3 is 0 Å². The molecular formula is C12H13FN2. The first-order valence-corrected chi connectivity index (χ1v) is 5.26. The topological polar surface area (TPSA) is 27.8 Å². The van der Waals surface area contributed by atoms with Crippen LogP contribution < -0.4 is 5.32 Å². The zero-order valence-electron chi connectivity index (χ0n) is 8.60. The molecule has 0 saturated carbocycles. The van der Waals surface area contributed by atoms with Gasteiger partial charge in [0.2, 0.25) is 0 Å². The van der Waals surface area contributed by atoms with E-state index in [0.717, 1.165) is 23.9 Å². The fraction of sp³-hybridized carbons (Fsp3) is 0.333. The molecule has 2 aromatic rings. The molecule has 1 aromatic carbocycles. The van der Waals surface area contributed by atoms with Crippen molar-refractivity contribution in [2.45, 2.75) is 25.9 Å². The van der Waals surface area contributed by atoms with E-state index in [1.165, 1.54) is 17.3 Å². The summed E-state index contributed by atoms with van der Waals surface area (Å²) in [5.41, 5.74) is 3.52. The molecule has 3 heteroatoms. The first kappa shape index (κ1) is 8.92. The van der Waals surface area contributed by atoms with Crippen molar-refractivity contribution in [2.75, 3.05) is 0 Å². The second kappa shape index (κ2) is 3.07. The van der Waals surface area contributed by atoms with Crippen molar-refractivity contribution < 1.29 is 4.39 Å². The number of H-pyrrole nitrogens is 1. The van der Waals surface area contributed by atoms with Crippen LogP contribution in [0.25, 0.3) is 10.9 Å². The minimum atomic E-state index is -0.157. The smallest absolute Gasteiger partial charge is 0.123 e. The Balaban J connectivity index is 2.25. The van der Waals surface area contributed by atoms with Crippen LogP contribution in [0.2, 0.25) is 0 Å². The molecule has 3 rings (SSSR count). The zero-order valence-corrected chi connectivity index (χ0v) is 8.60. The van der Waals surface area contributed by atoms with E-state index in [2.05, 4.69) is 17.2 Å². The lowest BCUT2D eigenvalue weighted by Gasteiger charge is -2.20. The van der Waals surface area contributed by atoms with Crippen molar-refractivity contribution in [2.24, 2.45) is 0 Å².